The Kier molecular flexibility index (Phi) is 3.76. The van der Waals surface area contributed by atoms with Gasteiger partial charge in [-0.3, -0.25) is 9.69 Å². The van der Waals surface area contributed by atoms with Gasteiger partial charge in [0.15, 0.2) is 0 Å². The molecule has 116 valence electrons. The van der Waals surface area contributed by atoms with Gasteiger partial charge in [-0.25, -0.2) is 0 Å². The normalized spacial score (nSPS) is 15.1. The quantitative estimate of drug-likeness (QED) is 0.782. The van der Waals surface area contributed by atoms with Gasteiger partial charge >= 0.3 is 0 Å². The van der Waals surface area contributed by atoms with E-state index >= 15 is 0 Å². The summed E-state index contributed by atoms with van der Waals surface area (Å²) in [5.74, 6) is 0.487. The first-order chi connectivity index (χ1) is 10.6. The zero-order valence-corrected chi connectivity index (χ0v) is 12.7. The van der Waals surface area contributed by atoms with Crippen molar-refractivity contribution in [2.75, 3.05) is 26.7 Å². The number of aryl methyl sites for hydroxylation is 1. The van der Waals surface area contributed by atoms with Gasteiger partial charge < -0.3 is 9.88 Å². The molecule has 8 nitrogen and oxygen atoms in total. The molecule has 1 aliphatic rings. The number of aromatic amines is 2. The first-order valence-electron chi connectivity index (χ1n) is 7.14. The molecule has 0 bridgehead atoms. The molecule has 3 heterocycles. The van der Waals surface area contributed by atoms with Gasteiger partial charge in [0.2, 0.25) is 5.82 Å². The van der Waals surface area contributed by atoms with Crippen molar-refractivity contribution in [3.8, 4) is 11.5 Å². The fourth-order valence-electron chi connectivity index (χ4n) is 2.60. The van der Waals surface area contributed by atoms with Crippen LogP contribution >= 0.6 is 0 Å². The maximum absolute atomic E-state index is 12.6. The molecule has 0 aromatic carbocycles. The number of likely N-dealkylation sites (N-methyl/N-ethyl adjacent to an activating group) is 1. The van der Waals surface area contributed by atoms with Crippen molar-refractivity contribution >= 4 is 5.91 Å². The van der Waals surface area contributed by atoms with Crippen LogP contribution in [-0.2, 0) is 0 Å². The van der Waals surface area contributed by atoms with E-state index in [0.717, 1.165) is 25.3 Å². The Morgan fingerprint density at radius 1 is 1.59 bits per heavy atom. The lowest BCUT2D eigenvalue weighted by molar-refractivity contribution is 0.0367. The van der Waals surface area contributed by atoms with E-state index in [2.05, 4.69) is 37.1 Å². The Morgan fingerprint density at radius 3 is 3.00 bits per heavy atom. The first-order valence-corrected chi connectivity index (χ1v) is 7.14. The number of hydrogen-bond donors (Lipinski definition) is 2. The van der Waals surface area contributed by atoms with Crippen LogP contribution in [-0.4, -0.2) is 74.0 Å². The molecule has 0 radical (unpaired) electrons. The molecule has 2 N–H and O–H groups in total. The number of nitrogens with one attached hydrogen (secondary N) is 2. The molecule has 0 unspecified atom stereocenters. The van der Waals surface area contributed by atoms with Gasteiger partial charge in [0, 0.05) is 31.4 Å². The van der Waals surface area contributed by atoms with Crippen molar-refractivity contribution in [1.82, 2.24) is 35.4 Å². The molecule has 2 aromatic rings. The molecule has 8 heteroatoms. The second-order valence-electron chi connectivity index (χ2n) is 5.55. The second kappa shape index (κ2) is 5.72. The van der Waals surface area contributed by atoms with Crippen LogP contribution in [0.1, 0.15) is 16.1 Å². The molecular formula is C14H19N7O. The molecule has 22 heavy (non-hydrogen) atoms. The Hall–Kier alpha value is -2.48. The van der Waals surface area contributed by atoms with Crippen LogP contribution in [0, 0.1) is 6.92 Å². The summed E-state index contributed by atoms with van der Waals surface area (Å²) in [4.78, 5) is 19.7. The highest BCUT2D eigenvalue weighted by Crippen LogP contribution is 2.22. The van der Waals surface area contributed by atoms with E-state index in [1.54, 1.807) is 6.07 Å². The van der Waals surface area contributed by atoms with Gasteiger partial charge in [0.25, 0.3) is 5.91 Å². The largest absolute Gasteiger partial charge is 0.355 e. The van der Waals surface area contributed by atoms with E-state index in [1.807, 2.05) is 24.9 Å². The monoisotopic (exact) mass is 301 g/mol. The average molecular weight is 301 g/mol. The molecule has 1 fully saturated rings. The third-order valence-corrected chi connectivity index (χ3v) is 4.02. The van der Waals surface area contributed by atoms with Crippen LogP contribution in [0.25, 0.3) is 11.5 Å². The van der Waals surface area contributed by atoms with Crippen LogP contribution < -0.4 is 0 Å². The number of tetrazole rings is 1. The summed E-state index contributed by atoms with van der Waals surface area (Å²) in [5, 5.41) is 13.8. The van der Waals surface area contributed by atoms with Crippen molar-refractivity contribution < 1.29 is 4.79 Å². The third kappa shape index (κ3) is 2.52. The van der Waals surface area contributed by atoms with Gasteiger partial charge in [-0.15, -0.1) is 16.8 Å². The van der Waals surface area contributed by atoms with E-state index < -0.39 is 0 Å². The van der Waals surface area contributed by atoms with Gasteiger partial charge in [-0.05, 0) is 25.3 Å². The highest BCUT2D eigenvalue weighted by molar-refractivity contribution is 5.97. The Balaban J connectivity index is 1.68. The number of rotatable bonds is 5. The third-order valence-electron chi connectivity index (χ3n) is 4.02. The van der Waals surface area contributed by atoms with Gasteiger partial charge in [-0.1, -0.05) is 6.08 Å². The number of amides is 1. The van der Waals surface area contributed by atoms with Crippen LogP contribution in [0.3, 0.4) is 0 Å². The minimum Gasteiger partial charge on any atom is -0.355 e. The summed E-state index contributed by atoms with van der Waals surface area (Å²) in [5.41, 5.74) is 2.16. The second-order valence-corrected chi connectivity index (χ2v) is 5.55. The minimum absolute atomic E-state index is 0.0340. The number of hydrogen-bond acceptors (Lipinski definition) is 5. The summed E-state index contributed by atoms with van der Waals surface area (Å²) in [6, 6.07) is 2.18. The standard InChI is InChI=1S/C14H19N7O/c1-4-5-20(3)10-7-21(8-10)14(22)11-6-12(15-9(11)2)13-16-18-19-17-13/h4,6,10,15H,1,5,7-8H2,2-3H3,(H,16,17,18,19). The van der Waals surface area contributed by atoms with E-state index in [-0.39, 0.29) is 5.91 Å². The molecule has 0 spiro atoms. The van der Waals surface area contributed by atoms with E-state index in [4.69, 9.17) is 0 Å². The molecule has 1 saturated heterocycles. The SMILES string of the molecule is C=CCN(C)C1CN(C(=O)c2cc(-c3nn[nH]n3)[nH]c2C)C1. The van der Waals surface area contributed by atoms with Crippen molar-refractivity contribution in [2.24, 2.45) is 0 Å². The fraction of sp³-hybridized carbons (Fsp3) is 0.429. The molecule has 3 rings (SSSR count). The number of carbonyl (C=O) groups excluding carboxylic acids is 1. The minimum atomic E-state index is 0.0340. The van der Waals surface area contributed by atoms with Crippen molar-refractivity contribution in [3.63, 3.8) is 0 Å². The van der Waals surface area contributed by atoms with E-state index in [9.17, 15) is 4.79 Å². The maximum Gasteiger partial charge on any atom is 0.255 e. The van der Waals surface area contributed by atoms with Crippen LogP contribution in [0.2, 0.25) is 0 Å². The smallest absolute Gasteiger partial charge is 0.255 e. The predicted molar refractivity (Wildman–Crippen MR) is 81.2 cm³/mol. The average Bonchev–Trinajstić information content (AvgIpc) is 3.05. The summed E-state index contributed by atoms with van der Waals surface area (Å²) < 4.78 is 0. The number of H-pyrrole nitrogens is 2. The zero-order chi connectivity index (χ0) is 15.7. The van der Waals surface area contributed by atoms with Crippen molar-refractivity contribution in [2.45, 2.75) is 13.0 Å². The van der Waals surface area contributed by atoms with Crippen molar-refractivity contribution in [3.05, 3.63) is 30.0 Å². The predicted octanol–water partition coefficient (Wildman–Crippen LogP) is 0.445. The molecular weight excluding hydrogens is 282 g/mol. The summed E-state index contributed by atoms with van der Waals surface area (Å²) in [6.07, 6.45) is 1.87. The molecule has 1 amide bonds. The van der Waals surface area contributed by atoms with Gasteiger partial charge in [0.1, 0.15) is 0 Å². The summed E-state index contributed by atoms with van der Waals surface area (Å²) in [6.45, 7) is 7.92. The summed E-state index contributed by atoms with van der Waals surface area (Å²) >= 11 is 0. The summed E-state index contributed by atoms with van der Waals surface area (Å²) in [7, 11) is 2.05. The number of nitrogens with zero attached hydrogens (tertiary/aromatic N) is 5. The van der Waals surface area contributed by atoms with Crippen molar-refractivity contribution in [1.29, 1.82) is 0 Å². The van der Waals surface area contributed by atoms with E-state index in [0.29, 0.717) is 23.1 Å². The Labute approximate surface area is 128 Å². The zero-order valence-electron chi connectivity index (χ0n) is 12.7. The maximum atomic E-state index is 12.6. The number of aromatic nitrogens is 5. The number of carbonyl (C=O) groups is 1. The molecule has 2 aromatic heterocycles. The lowest BCUT2D eigenvalue weighted by atomic mass is 10.1. The molecule has 0 atom stereocenters. The molecule has 0 saturated carbocycles. The highest BCUT2D eigenvalue weighted by atomic mass is 16.2. The topological polar surface area (TPSA) is 93.8 Å². The van der Waals surface area contributed by atoms with Crippen LogP contribution in [0.15, 0.2) is 18.7 Å². The molecule has 0 aliphatic carbocycles. The fourth-order valence-corrected chi connectivity index (χ4v) is 2.60. The van der Waals surface area contributed by atoms with Gasteiger partial charge in [-0.2, -0.15) is 5.21 Å². The first kappa shape index (κ1) is 14.5. The van der Waals surface area contributed by atoms with E-state index in [1.165, 1.54) is 0 Å². The lowest BCUT2D eigenvalue weighted by Crippen LogP contribution is -2.60. The Morgan fingerprint density at radius 2 is 2.36 bits per heavy atom. The molecule has 1 aliphatic heterocycles. The Bertz CT molecular complexity index is 669. The van der Waals surface area contributed by atoms with Gasteiger partial charge in [0.05, 0.1) is 11.3 Å². The number of likely N-dealkylation sites (tertiary alicyclic amines) is 1. The highest BCUT2D eigenvalue weighted by Gasteiger charge is 2.34. The van der Waals surface area contributed by atoms with Crippen LogP contribution in [0.4, 0.5) is 0 Å². The lowest BCUT2D eigenvalue weighted by Gasteiger charge is -2.43. The van der Waals surface area contributed by atoms with Crippen LogP contribution in [0.5, 0.6) is 0 Å².